The average Bonchev–Trinajstić information content (AvgIpc) is 2.60. The summed E-state index contributed by atoms with van der Waals surface area (Å²) < 4.78 is 5.21. The Morgan fingerprint density at radius 2 is 2.17 bits per heavy atom. The number of halogens is 1. The predicted octanol–water partition coefficient (Wildman–Crippen LogP) is 3.62. The van der Waals surface area contributed by atoms with E-state index in [0.29, 0.717) is 5.92 Å². The maximum atomic E-state index is 6.14. The molecule has 0 spiro atoms. The number of rotatable bonds is 5. The van der Waals surface area contributed by atoms with Crippen LogP contribution in [0.15, 0.2) is 36.7 Å². The molecule has 1 saturated heterocycles. The quantitative estimate of drug-likeness (QED) is 0.838. The predicted molar refractivity (Wildman–Crippen MR) is 92.8 cm³/mol. The van der Waals surface area contributed by atoms with E-state index in [4.69, 9.17) is 16.3 Å². The molecule has 0 N–H and O–H groups in total. The lowest BCUT2D eigenvalue weighted by Gasteiger charge is -2.32. The monoisotopic (exact) mass is 331 g/mol. The average molecular weight is 332 g/mol. The largest absolute Gasteiger partial charge is 0.383 e. The van der Waals surface area contributed by atoms with Crippen LogP contribution in [0.25, 0.3) is 11.3 Å². The zero-order valence-electron chi connectivity index (χ0n) is 13.4. The second-order valence-corrected chi connectivity index (χ2v) is 6.37. The molecule has 1 aliphatic rings. The second kappa shape index (κ2) is 7.86. The molecule has 23 heavy (non-hydrogen) atoms. The minimum absolute atomic E-state index is 0.406. The molecule has 0 saturated carbocycles. The molecular formula is C18H22ClN3O. The van der Waals surface area contributed by atoms with Gasteiger partial charge in [-0.05, 0) is 31.5 Å². The lowest BCUT2D eigenvalue weighted by Crippen LogP contribution is -2.37. The molecule has 3 rings (SSSR count). The summed E-state index contributed by atoms with van der Waals surface area (Å²) in [5.74, 6) is 0.406. The fourth-order valence-corrected chi connectivity index (χ4v) is 3.40. The van der Waals surface area contributed by atoms with Crippen LogP contribution in [-0.4, -0.2) is 48.2 Å². The van der Waals surface area contributed by atoms with Gasteiger partial charge in [-0.3, -0.25) is 9.97 Å². The van der Waals surface area contributed by atoms with E-state index in [1.54, 1.807) is 19.5 Å². The van der Waals surface area contributed by atoms with Crippen LogP contribution in [0, 0.1) is 0 Å². The van der Waals surface area contributed by atoms with Crippen LogP contribution in [0.5, 0.6) is 0 Å². The lowest BCUT2D eigenvalue weighted by atomic mass is 9.91. The molecule has 5 heteroatoms. The number of likely N-dealkylation sites (tertiary alicyclic amines) is 1. The minimum Gasteiger partial charge on any atom is -0.383 e. The molecule has 4 nitrogen and oxygen atoms in total. The third kappa shape index (κ3) is 4.08. The molecule has 1 atom stereocenters. The number of nitrogens with zero attached hydrogens (tertiary/aromatic N) is 3. The first kappa shape index (κ1) is 16.4. The molecule has 0 bridgehead atoms. The highest BCUT2D eigenvalue weighted by Crippen LogP contribution is 2.32. The summed E-state index contributed by atoms with van der Waals surface area (Å²) >= 11 is 6.14. The third-order valence-electron chi connectivity index (χ3n) is 4.33. The van der Waals surface area contributed by atoms with Gasteiger partial charge in [0.05, 0.1) is 18.0 Å². The number of piperidine rings is 1. The Balaban J connectivity index is 1.85. The first-order valence-electron chi connectivity index (χ1n) is 8.06. The van der Waals surface area contributed by atoms with Crippen LogP contribution in [0.4, 0.5) is 0 Å². The van der Waals surface area contributed by atoms with Gasteiger partial charge in [0.2, 0.25) is 0 Å². The maximum absolute atomic E-state index is 6.14. The van der Waals surface area contributed by atoms with E-state index in [1.165, 1.54) is 6.42 Å². The normalized spacial score (nSPS) is 19.0. The Kier molecular flexibility index (Phi) is 5.60. The van der Waals surface area contributed by atoms with Gasteiger partial charge in [-0.1, -0.05) is 23.7 Å². The van der Waals surface area contributed by atoms with Crippen LogP contribution in [0.3, 0.4) is 0 Å². The highest BCUT2D eigenvalue weighted by Gasteiger charge is 2.25. The molecule has 0 unspecified atom stereocenters. The summed E-state index contributed by atoms with van der Waals surface area (Å²) in [5, 5.41) is 0.726. The highest BCUT2D eigenvalue weighted by atomic mass is 35.5. The number of ether oxygens (including phenoxy) is 1. The summed E-state index contributed by atoms with van der Waals surface area (Å²) in [6.07, 6.45) is 5.87. The van der Waals surface area contributed by atoms with Crippen LogP contribution in [-0.2, 0) is 4.74 Å². The summed E-state index contributed by atoms with van der Waals surface area (Å²) in [6.45, 7) is 3.89. The van der Waals surface area contributed by atoms with Gasteiger partial charge in [0.15, 0.2) is 0 Å². The van der Waals surface area contributed by atoms with Crippen LogP contribution >= 0.6 is 11.6 Å². The molecule has 1 fully saturated rings. The van der Waals surface area contributed by atoms with Gasteiger partial charge in [-0.15, -0.1) is 0 Å². The molecule has 1 aliphatic heterocycles. The maximum Gasteiger partial charge on any atom is 0.0921 e. The van der Waals surface area contributed by atoms with Crippen LogP contribution in [0.2, 0.25) is 5.02 Å². The lowest BCUT2D eigenvalue weighted by molar-refractivity contribution is 0.127. The van der Waals surface area contributed by atoms with Gasteiger partial charge in [-0.2, -0.15) is 0 Å². The number of benzene rings is 1. The van der Waals surface area contributed by atoms with Crippen molar-refractivity contribution in [1.82, 2.24) is 14.9 Å². The van der Waals surface area contributed by atoms with Crippen molar-refractivity contribution in [2.24, 2.45) is 0 Å². The van der Waals surface area contributed by atoms with Crippen molar-refractivity contribution in [3.05, 3.63) is 47.4 Å². The molecule has 2 heterocycles. The van der Waals surface area contributed by atoms with Crippen molar-refractivity contribution in [2.45, 2.75) is 18.8 Å². The molecular weight excluding hydrogens is 310 g/mol. The van der Waals surface area contributed by atoms with Gasteiger partial charge in [0, 0.05) is 49.1 Å². The second-order valence-electron chi connectivity index (χ2n) is 5.93. The SMILES string of the molecule is COCCN1CCC[C@@H](c2nccnc2-c2cccc(Cl)c2)C1. The fraction of sp³-hybridized carbons (Fsp3) is 0.444. The molecule has 0 amide bonds. The van der Waals surface area contributed by atoms with Crippen molar-refractivity contribution < 1.29 is 4.74 Å². The smallest absolute Gasteiger partial charge is 0.0921 e. The first-order valence-corrected chi connectivity index (χ1v) is 8.44. The van der Waals surface area contributed by atoms with Crippen LogP contribution < -0.4 is 0 Å². The van der Waals surface area contributed by atoms with Gasteiger partial charge >= 0.3 is 0 Å². The Morgan fingerprint density at radius 3 is 3.00 bits per heavy atom. The summed E-state index contributed by atoms with van der Waals surface area (Å²) in [4.78, 5) is 11.7. The Hall–Kier alpha value is -1.49. The zero-order chi connectivity index (χ0) is 16.1. The van der Waals surface area contributed by atoms with E-state index >= 15 is 0 Å². The van der Waals surface area contributed by atoms with E-state index in [1.807, 2.05) is 24.3 Å². The molecule has 1 aromatic carbocycles. The van der Waals surface area contributed by atoms with E-state index in [2.05, 4.69) is 14.9 Å². The van der Waals surface area contributed by atoms with Crippen molar-refractivity contribution in [3.63, 3.8) is 0 Å². The molecule has 122 valence electrons. The molecule has 2 aromatic rings. The number of hydrogen-bond donors (Lipinski definition) is 0. The standard InChI is InChI=1S/C18H22ClN3O/c1-23-11-10-22-9-3-5-15(13-22)18-17(20-7-8-21-18)14-4-2-6-16(19)12-14/h2,4,6-8,12,15H,3,5,9-11,13H2,1H3/t15-/m1/s1. The van der Waals surface area contributed by atoms with Gasteiger partial charge < -0.3 is 9.64 Å². The highest BCUT2D eigenvalue weighted by molar-refractivity contribution is 6.30. The summed E-state index contributed by atoms with van der Waals surface area (Å²) in [6, 6.07) is 7.85. The van der Waals surface area contributed by atoms with Gasteiger partial charge in [0.1, 0.15) is 0 Å². The van der Waals surface area contributed by atoms with E-state index in [9.17, 15) is 0 Å². The van der Waals surface area contributed by atoms with Crippen molar-refractivity contribution in [3.8, 4) is 11.3 Å². The fourth-order valence-electron chi connectivity index (χ4n) is 3.21. The van der Waals surface area contributed by atoms with Crippen LogP contribution in [0.1, 0.15) is 24.5 Å². The van der Waals surface area contributed by atoms with E-state index < -0.39 is 0 Å². The summed E-state index contributed by atoms with van der Waals surface area (Å²) in [7, 11) is 1.75. The number of methoxy groups -OCH3 is 1. The number of hydrogen-bond acceptors (Lipinski definition) is 4. The van der Waals surface area contributed by atoms with E-state index in [-0.39, 0.29) is 0 Å². The zero-order valence-corrected chi connectivity index (χ0v) is 14.2. The third-order valence-corrected chi connectivity index (χ3v) is 4.56. The topological polar surface area (TPSA) is 38.2 Å². The molecule has 0 radical (unpaired) electrons. The van der Waals surface area contributed by atoms with Gasteiger partial charge in [-0.25, -0.2) is 0 Å². The van der Waals surface area contributed by atoms with Gasteiger partial charge in [0.25, 0.3) is 0 Å². The minimum atomic E-state index is 0.406. The van der Waals surface area contributed by atoms with Crippen molar-refractivity contribution in [1.29, 1.82) is 0 Å². The Morgan fingerprint density at radius 1 is 1.30 bits per heavy atom. The molecule has 1 aromatic heterocycles. The molecule has 0 aliphatic carbocycles. The Labute approximate surface area is 142 Å². The number of aromatic nitrogens is 2. The first-order chi connectivity index (χ1) is 11.3. The van der Waals surface area contributed by atoms with Crippen molar-refractivity contribution in [2.75, 3.05) is 33.4 Å². The van der Waals surface area contributed by atoms with Crippen molar-refractivity contribution >= 4 is 11.6 Å². The van der Waals surface area contributed by atoms with E-state index in [0.717, 1.165) is 54.6 Å². The Bertz CT molecular complexity index is 650. The summed E-state index contributed by atoms with van der Waals surface area (Å²) in [5.41, 5.74) is 3.07.